The summed E-state index contributed by atoms with van der Waals surface area (Å²) in [6.07, 6.45) is 6.32. The van der Waals surface area contributed by atoms with Crippen LogP contribution in [-0.4, -0.2) is 12.1 Å². The average molecular weight is 256 g/mol. The first-order valence-corrected chi connectivity index (χ1v) is 6.75. The summed E-state index contributed by atoms with van der Waals surface area (Å²) in [6.45, 7) is 4.25. The van der Waals surface area contributed by atoms with Gasteiger partial charge in [-0.25, -0.2) is 4.98 Å². The molecule has 0 saturated heterocycles. The summed E-state index contributed by atoms with van der Waals surface area (Å²) in [4.78, 5) is 4.59. The Morgan fingerprint density at radius 1 is 1.47 bits per heavy atom. The summed E-state index contributed by atoms with van der Waals surface area (Å²) in [5, 5.41) is 0. The van der Waals surface area contributed by atoms with Crippen LogP contribution in [0.3, 0.4) is 0 Å². The van der Waals surface area contributed by atoms with Crippen molar-refractivity contribution in [2.45, 2.75) is 32.2 Å². The lowest BCUT2D eigenvalue weighted by Gasteiger charge is -2.45. The van der Waals surface area contributed by atoms with Gasteiger partial charge in [0.25, 0.3) is 0 Å². The van der Waals surface area contributed by atoms with Crippen LogP contribution in [0.5, 0.6) is 5.88 Å². The van der Waals surface area contributed by atoms with Gasteiger partial charge in [-0.1, -0.05) is 17.7 Å². The molecular formula is C16H20N2O. The van der Waals surface area contributed by atoms with E-state index in [0.29, 0.717) is 11.8 Å². The molecular weight excluding hydrogens is 236 g/mol. The minimum atomic E-state index is -0.384. The molecule has 0 amide bonds. The number of allylic oxidation sites excluding steroid dienone is 2. The highest BCUT2D eigenvalue weighted by molar-refractivity contribution is 5.49. The van der Waals surface area contributed by atoms with Gasteiger partial charge >= 0.3 is 0 Å². The van der Waals surface area contributed by atoms with Crippen LogP contribution in [0.4, 0.5) is 0 Å². The quantitative estimate of drug-likeness (QED) is 0.786. The number of aromatic nitrogens is 1. The molecule has 1 unspecified atom stereocenters. The molecule has 2 aliphatic carbocycles. The highest BCUT2D eigenvalue weighted by Gasteiger charge is 2.44. The van der Waals surface area contributed by atoms with E-state index in [1.807, 2.05) is 6.07 Å². The maximum Gasteiger partial charge on any atom is 0.213 e. The molecule has 0 aliphatic heterocycles. The smallest absolute Gasteiger partial charge is 0.213 e. The molecule has 1 heterocycles. The molecule has 0 fully saturated rings. The Bertz CT molecular complexity index is 588. The second-order valence-corrected chi connectivity index (χ2v) is 5.56. The van der Waals surface area contributed by atoms with Crippen LogP contribution < -0.4 is 10.5 Å². The summed E-state index contributed by atoms with van der Waals surface area (Å²) < 4.78 is 5.23. The molecule has 0 spiro atoms. The molecule has 3 nitrogen and oxygen atoms in total. The van der Waals surface area contributed by atoms with E-state index in [2.05, 4.69) is 37.0 Å². The Hall–Kier alpha value is -1.61. The van der Waals surface area contributed by atoms with Crippen molar-refractivity contribution in [3.8, 4) is 5.88 Å². The normalized spacial score (nSPS) is 30.8. The van der Waals surface area contributed by atoms with Crippen molar-refractivity contribution >= 4 is 0 Å². The van der Waals surface area contributed by atoms with E-state index in [1.54, 1.807) is 7.11 Å². The number of rotatable bonds is 1. The zero-order valence-corrected chi connectivity index (χ0v) is 11.7. The van der Waals surface area contributed by atoms with Gasteiger partial charge in [0.2, 0.25) is 5.88 Å². The highest BCUT2D eigenvalue weighted by atomic mass is 16.5. The van der Waals surface area contributed by atoms with Gasteiger partial charge in [0.05, 0.1) is 18.3 Å². The van der Waals surface area contributed by atoms with Gasteiger partial charge in [0.1, 0.15) is 0 Å². The van der Waals surface area contributed by atoms with Crippen LogP contribution >= 0.6 is 0 Å². The largest absolute Gasteiger partial charge is 0.481 e. The van der Waals surface area contributed by atoms with Gasteiger partial charge in [0.15, 0.2) is 0 Å². The van der Waals surface area contributed by atoms with Gasteiger partial charge < -0.3 is 10.5 Å². The Labute approximate surface area is 114 Å². The predicted molar refractivity (Wildman–Crippen MR) is 76.0 cm³/mol. The highest BCUT2D eigenvalue weighted by Crippen LogP contribution is 2.48. The van der Waals surface area contributed by atoms with Crippen molar-refractivity contribution in [3.05, 3.63) is 46.7 Å². The standard InChI is InChI=1S/C16H20N2O/c1-4-12-11-7-10(2)9-16(12,17)13-5-6-15(19-3)18-14(13)8-11/h4-7,11H,8-9,17H2,1-3H3/b12-4+/t11?,16-/m1/s1. The molecule has 19 heavy (non-hydrogen) atoms. The molecule has 2 atom stereocenters. The Morgan fingerprint density at radius 2 is 2.26 bits per heavy atom. The summed E-state index contributed by atoms with van der Waals surface area (Å²) in [6, 6.07) is 3.99. The number of pyridine rings is 1. The number of fused-ring (bicyclic) bond motifs is 4. The van der Waals surface area contributed by atoms with E-state index in [9.17, 15) is 0 Å². The Morgan fingerprint density at radius 3 is 2.95 bits per heavy atom. The van der Waals surface area contributed by atoms with E-state index in [1.165, 1.54) is 11.1 Å². The monoisotopic (exact) mass is 256 g/mol. The van der Waals surface area contributed by atoms with Crippen molar-refractivity contribution in [1.29, 1.82) is 0 Å². The lowest BCUT2D eigenvalue weighted by atomic mass is 9.63. The van der Waals surface area contributed by atoms with E-state index in [4.69, 9.17) is 10.5 Å². The number of hydrogen-bond donors (Lipinski definition) is 1. The molecule has 0 radical (unpaired) electrons. The predicted octanol–water partition coefficient (Wildman–Crippen LogP) is 2.71. The van der Waals surface area contributed by atoms with Crippen molar-refractivity contribution in [3.63, 3.8) is 0 Å². The Balaban J connectivity index is 2.20. The molecule has 1 aromatic rings. The van der Waals surface area contributed by atoms with Gasteiger partial charge in [0, 0.05) is 18.4 Å². The molecule has 2 N–H and O–H groups in total. The first-order valence-electron chi connectivity index (χ1n) is 6.75. The first-order chi connectivity index (χ1) is 9.08. The summed E-state index contributed by atoms with van der Waals surface area (Å²) in [7, 11) is 1.65. The van der Waals surface area contributed by atoms with E-state index < -0.39 is 0 Å². The van der Waals surface area contributed by atoms with Crippen LogP contribution in [0.2, 0.25) is 0 Å². The van der Waals surface area contributed by atoms with Crippen LogP contribution in [0, 0.1) is 5.92 Å². The van der Waals surface area contributed by atoms with Crippen LogP contribution in [0.25, 0.3) is 0 Å². The third-order valence-electron chi connectivity index (χ3n) is 4.32. The second-order valence-electron chi connectivity index (χ2n) is 5.56. The fourth-order valence-electron chi connectivity index (χ4n) is 3.62. The molecule has 2 bridgehead atoms. The van der Waals surface area contributed by atoms with Gasteiger partial charge in [-0.05, 0) is 37.5 Å². The second kappa shape index (κ2) is 4.20. The SMILES string of the molecule is C/C=C1\C2C=C(C)C[C@]1(N)c1ccc(OC)nc1C2. The van der Waals surface area contributed by atoms with Gasteiger partial charge in [-0.15, -0.1) is 0 Å². The molecule has 0 saturated carbocycles. The van der Waals surface area contributed by atoms with Crippen molar-refractivity contribution in [2.75, 3.05) is 7.11 Å². The molecule has 2 aliphatic rings. The van der Waals surface area contributed by atoms with Gasteiger partial charge in [-0.2, -0.15) is 0 Å². The maximum atomic E-state index is 6.76. The molecule has 3 heteroatoms. The van der Waals surface area contributed by atoms with E-state index in [-0.39, 0.29) is 5.54 Å². The zero-order valence-electron chi connectivity index (χ0n) is 11.7. The fourth-order valence-corrected chi connectivity index (χ4v) is 3.62. The van der Waals surface area contributed by atoms with Crippen LogP contribution in [0.15, 0.2) is 35.4 Å². The minimum absolute atomic E-state index is 0.384. The van der Waals surface area contributed by atoms with Crippen LogP contribution in [0.1, 0.15) is 31.5 Å². The minimum Gasteiger partial charge on any atom is -0.481 e. The summed E-state index contributed by atoms with van der Waals surface area (Å²) in [5.74, 6) is 1.06. The summed E-state index contributed by atoms with van der Waals surface area (Å²) in [5.41, 5.74) is 11.3. The number of nitrogens with two attached hydrogens (primary N) is 1. The van der Waals surface area contributed by atoms with E-state index in [0.717, 1.165) is 24.1 Å². The lowest BCUT2D eigenvalue weighted by molar-refractivity contribution is 0.380. The topological polar surface area (TPSA) is 48.1 Å². The number of nitrogens with zero attached hydrogens (tertiary/aromatic N) is 1. The van der Waals surface area contributed by atoms with E-state index >= 15 is 0 Å². The van der Waals surface area contributed by atoms with Crippen LogP contribution in [-0.2, 0) is 12.0 Å². The average Bonchev–Trinajstić information content (AvgIpc) is 2.37. The third-order valence-corrected chi connectivity index (χ3v) is 4.32. The van der Waals surface area contributed by atoms with Gasteiger partial charge in [-0.3, -0.25) is 0 Å². The number of methoxy groups -OCH3 is 1. The zero-order chi connectivity index (χ0) is 13.6. The fraction of sp³-hybridized carbons (Fsp3) is 0.438. The molecule has 0 aromatic carbocycles. The van der Waals surface area contributed by atoms with Crippen molar-refractivity contribution in [1.82, 2.24) is 4.98 Å². The lowest BCUT2D eigenvalue weighted by Crippen LogP contribution is -2.47. The molecule has 1 aromatic heterocycles. The molecule has 3 rings (SSSR count). The first kappa shape index (κ1) is 12.4. The molecule has 100 valence electrons. The third kappa shape index (κ3) is 1.72. The maximum absolute atomic E-state index is 6.76. The van der Waals surface area contributed by atoms with Crippen molar-refractivity contribution in [2.24, 2.45) is 11.7 Å². The van der Waals surface area contributed by atoms with Crippen molar-refractivity contribution < 1.29 is 4.74 Å². The Kier molecular flexibility index (Phi) is 2.75. The number of ether oxygens (including phenoxy) is 1. The number of hydrogen-bond acceptors (Lipinski definition) is 3. The summed E-state index contributed by atoms with van der Waals surface area (Å²) >= 11 is 0.